The third-order valence-electron chi connectivity index (χ3n) is 1.80. The summed E-state index contributed by atoms with van der Waals surface area (Å²) in [5.41, 5.74) is 5.47. The van der Waals surface area contributed by atoms with E-state index in [-0.39, 0.29) is 5.78 Å². The second-order valence-corrected chi connectivity index (χ2v) is 3.15. The molecule has 0 bridgehead atoms. The van der Waals surface area contributed by atoms with Gasteiger partial charge in [0.1, 0.15) is 5.78 Å². The average Bonchev–Trinajstić information content (AvgIpc) is 1.81. The van der Waals surface area contributed by atoms with Gasteiger partial charge < -0.3 is 10.5 Å². The molecule has 0 aromatic carbocycles. The molecule has 0 heterocycles. The normalized spacial score (nSPS) is 13.7. The maximum atomic E-state index is 10.7. The van der Waals surface area contributed by atoms with E-state index in [0.717, 1.165) is 0 Å². The van der Waals surface area contributed by atoms with Crippen LogP contribution in [0.2, 0.25) is 0 Å². The number of hydrogen-bond acceptors (Lipinski definition) is 2. The van der Waals surface area contributed by atoms with Gasteiger partial charge in [-0.15, -0.1) is 0 Å². The lowest BCUT2D eigenvalue weighted by Gasteiger charge is -2.16. The SMILES string of the molecule is CC(=O)CC(CN)C(C)C. The molecule has 0 rings (SSSR count). The smallest absolute Gasteiger partial charge is 0.130 e. The van der Waals surface area contributed by atoms with E-state index < -0.39 is 0 Å². The van der Waals surface area contributed by atoms with E-state index in [9.17, 15) is 4.79 Å². The molecule has 2 N–H and O–H groups in total. The molecular weight excluding hydrogens is 126 g/mol. The van der Waals surface area contributed by atoms with Crippen LogP contribution in [0.15, 0.2) is 0 Å². The Labute approximate surface area is 62.8 Å². The van der Waals surface area contributed by atoms with E-state index in [1.54, 1.807) is 6.92 Å². The van der Waals surface area contributed by atoms with Crippen LogP contribution in [0.5, 0.6) is 0 Å². The first-order chi connectivity index (χ1) is 4.57. The van der Waals surface area contributed by atoms with Crippen molar-refractivity contribution in [1.29, 1.82) is 0 Å². The van der Waals surface area contributed by atoms with Gasteiger partial charge in [-0.25, -0.2) is 0 Å². The Hall–Kier alpha value is -0.370. The number of ketones is 1. The third kappa shape index (κ3) is 3.62. The van der Waals surface area contributed by atoms with Gasteiger partial charge in [0, 0.05) is 6.42 Å². The molecule has 0 aliphatic rings. The minimum atomic E-state index is 0.240. The van der Waals surface area contributed by atoms with Crippen molar-refractivity contribution in [3.8, 4) is 0 Å². The average molecular weight is 143 g/mol. The molecule has 0 aliphatic heterocycles. The summed E-state index contributed by atoms with van der Waals surface area (Å²) >= 11 is 0. The van der Waals surface area contributed by atoms with Gasteiger partial charge >= 0.3 is 0 Å². The van der Waals surface area contributed by atoms with Crippen LogP contribution in [-0.4, -0.2) is 12.3 Å². The molecule has 60 valence electrons. The molecule has 0 amide bonds. The van der Waals surface area contributed by atoms with Crippen LogP contribution in [-0.2, 0) is 4.79 Å². The van der Waals surface area contributed by atoms with Crippen molar-refractivity contribution in [2.45, 2.75) is 27.2 Å². The number of hydrogen-bond donors (Lipinski definition) is 1. The van der Waals surface area contributed by atoms with Crippen LogP contribution in [0.4, 0.5) is 0 Å². The molecule has 1 atom stereocenters. The summed E-state index contributed by atoms with van der Waals surface area (Å²) in [6.45, 7) is 6.43. The first-order valence-electron chi connectivity index (χ1n) is 3.77. The van der Waals surface area contributed by atoms with E-state index in [1.165, 1.54) is 0 Å². The predicted molar refractivity (Wildman–Crippen MR) is 42.7 cm³/mol. The van der Waals surface area contributed by atoms with E-state index in [1.807, 2.05) is 0 Å². The molecule has 0 aliphatic carbocycles. The van der Waals surface area contributed by atoms with E-state index in [2.05, 4.69) is 13.8 Å². The fourth-order valence-corrected chi connectivity index (χ4v) is 0.960. The second-order valence-electron chi connectivity index (χ2n) is 3.15. The second kappa shape index (κ2) is 4.45. The lowest BCUT2D eigenvalue weighted by molar-refractivity contribution is -0.118. The molecule has 2 nitrogen and oxygen atoms in total. The standard InChI is InChI=1S/C8H17NO/c1-6(2)8(5-9)4-7(3)10/h6,8H,4-5,9H2,1-3H3. The monoisotopic (exact) mass is 143 g/mol. The van der Waals surface area contributed by atoms with E-state index in [0.29, 0.717) is 24.8 Å². The van der Waals surface area contributed by atoms with Crippen LogP contribution in [0.25, 0.3) is 0 Å². The van der Waals surface area contributed by atoms with Crippen molar-refractivity contribution in [2.24, 2.45) is 17.6 Å². The third-order valence-corrected chi connectivity index (χ3v) is 1.80. The Bertz CT molecular complexity index is 110. The van der Waals surface area contributed by atoms with Crippen LogP contribution < -0.4 is 5.73 Å². The maximum Gasteiger partial charge on any atom is 0.130 e. The minimum Gasteiger partial charge on any atom is -0.330 e. The number of carbonyl (C=O) groups is 1. The first kappa shape index (κ1) is 9.63. The van der Waals surface area contributed by atoms with Crippen LogP contribution in [0, 0.1) is 11.8 Å². The van der Waals surface area contributed by atoms with Gasteiger partial charge in [0.2, 0.25) is 0 Å². The molecule has 0 saturated carbocycles. The molecule has 0 radical (unpaired) electrons. The predicted octanol–water partition coefficient (Wildman–Crippen LogP) is 1.20. The van der Waals surface area contributed by atoms with Crippen LogP contribution >= 0.6 is 0 Å². The Balaban J connectivity index is 3.71. The summed E-state index contributed by atoms with van der Waals surface area (Å²) < 4.78 is 0. The molecule has 0 fully saturated rings. The Kier molecular flexibility index (Phi) is 4.28. The highest BCUT2D eigenvalue weighted by Crippen LogP contribution is 2.13. The Morgan fingerprint density at radius 3 is 2.10 bits per heavy atom. The van der Waals surface area contributed by atoms with Gasteiger partial charge in [-0.05, 0) is 25.3 Å². The van der Waals surface area contributed by atoms with Crippen molar-refractivity contribution in [3.05, 3.63) is 0 Å². The molecule has 10 heavy (non-hydrogen) atoms. The summed E-state index contributed by atoms with van der Waals surface area (Å²) in [6.07, 6.45) is 0.633. The largest absolute Gasteiger partial charge is 0.330 e. The van der Waals surface area contributed by atoms with E-state index in [4.69, 9.17) is 5.73 Å². The van der Waals surface area contributed by atoms with Gasteiger partial charge in [-0.3, -0.25) is 0 Å². The lowest BCUT2D eigenvalue weighted by Crippen LogP contribution is -2.21. The van der Waals surface area contributed by atoms with Crippen molar-refractivity contribution >= 4 is 5.78 Å². The fraction of sp³-hybridized carbons (Fsp3) is 0.875. The summed E-state index contributed by atoms with van der Waals surface area (Å²) in [7, 11) is 0. The van der Waals surface area contributed by atoms with Gasteiger partial charge in [0.25, 0.3) is 0 Å². The van der Waals surface area contributed by atoms with Gasteiger partial charge in [0.15, 0.2) is 0 Å². The van der Waals surface area contributed by atoms with E-state index >= 15 is 0 Å². The summed E-state index contributed by atoms with van der Waals surface area (Å²) in [5, 5.41) is 0. The zero-order valence-corrected chi connectivity index (χ0v) is 7.05. The first-order valence-corrected chi connectivity index (χ1v) is 3.77. The Morgan fingerprint density at radius 1 is 1.50 bits per heavy atom. The fourth-order valence-electron chi connectivity index (χ4n) is 0.960. The van der Waals surface area contributed by atoms with Crippen molar-refractivity contribution in [3.63, 3.8) is 0 Å². The summed E-state index contributed by atoms with van der Waals surface area (Å²) in [6, 6.07) is 0. The van der Waals surface area contributed by atoms with Crippen molar-refractivity contribution in [2.75, 3.05) is 6.54 Å². The van der Waals surface area contributed by atoms with Gasteiger partial charge in [-0.2, -0.15) is 0 Å². The molecule has 0 aromatic heterocycles. The molecule has 1 unspecified atom stereocenters. The molecule has 2 heteroatoms. The number of rotatable bonds is 4. The lowest BCUT2D eigenvalue weighted by atomic mass is 9.91. The van der Waals surface area contributed by atoms with Crippen molar-refractivity contribution < 1.29 is 4.79 Å². The number of nitrogens with two attached hydrogens (primary N) is 1. The van der Waals surface area contributed by atoms with Crippen LogP contribution in [0.1, 0.15) is 27.2 Å². The number of carbonyl (C=O) groups excluding carboxylic acids is 1. The molecular formula is C8H17NO. The highest BCUT2D eigenvalue weighted by atomic mass is 16.1. The quantitative estimate of drug-likeness (QED) is 0.642. The zero-order chi connectivity index (χ0) is 8.15. The summed E-state index contributed by atoms with van der Waals surface area (Å²) in [5.74, 6) is 1.13. The highest BCUT2D eigenvalue weighted by molar-refractivity contribution is 5.75. The maximum absolute atomic E-state index is 10.7. The minimum absolute atomic E-state index is 0.240. The number of Topliss-reactive ketones (excluding diaryl/α,β-unsaturated/α-hetero) is 1. The highest BCUT2D eigenvalue weighted by Gasteiger charge is 2.12. The van der Waals surface area contributed by atoms with Gasteiger partial charge in [-0.1, -0.05) is 13.8 Å². The van der Waals surface area contributed by atoms with Crippen molar-refractivity contribution in [1.82, 2.24) is 0 Å². The van der Waals surface area contributed by atoms with Gasteiger partial charge in [0.05, 0.1) is 0 Å². The summed E-state index contributed by atoms with van der Waals surface area (Å²) in [4.78, 5) is 10.7. The molecule has 0 saturated heterocycles. The molecule has 0 aromatic rings. The molecule has 0 spiro atoms. The topological polar surface area (TPSA) is 43.1 Å². The Morgan fingerprint density at radius 2 is 2.00 bits per heavy atom. The van der Waals surface area contributed by atoms with Crippen LogP contribution in [0.3, 0.4) is 0 Å². The zero-order valence-electron chi connectivity index (χ0n) is 7.05.